The van der Waals surface area contributed by atoms with Gasteiger partial charge in [-0.05, 0) is 38.3 Å². The number of aliphatic carboxylic acids is 1. The largest absolute Gasteiger partial charge is 0.481 e. The molecule has 1 rings (SSSR count). The van der Waals surface area contributed by atoms with Crippen LogP contribution < -0.4 is 10.6 Å². The number of amides is 2. The molecular weight excluding hydrogens is 246 g/mol. The van der Waals surface area contributed by atoms with Crippen LogP contribution in [-0.4, -0.2) is 55.7 Å². The highest BCUT2D eigenvalue weighted by Gasteiger charge is 2.39. The van der Waals surface area contributed by atoms with E-state index < -0.39 is 5.97 Å². The van der Waals surface area contributed by atoms with E-state index in [1.165, 1.54) is 0 Å². The first-order valence-electron chi connectivity index (χ1n) is 6.84. The Labute approximate surface area is 114 Å². The third kappa shape index (κ3) is 5.06. The maximum absolute atomic E-state index is 11.9. The molecule has 1 aliphatic rings. The van der Waals surface area contributed by atoms with E-state index in [1.807, 2.05) is 7.05 Å². The van der Waals surface area contributed by atoms with Gasteiger partial charge in [-0.2, -0.15) is 0 Å². The van der Waals surface area contributed by atoms with Crippen molar-refractivity contribution in [2.75, 3.05) is 33.7 Å². The average Bonchev–Trinajstić information content (AvgIpc) is 2.31. The van der Waals surface area contributed by atoms with Crippen LogP contribution in [0, 0.1) is 5.41 Å². The highest BCUT2D eigenvalue weighted by molar-refractivity contribution is 5.74. The lowest BCUT2D eigenvalue weighted by Crippen LogP contribution is -2.47. The summed E-state index contributed by atoms with van der Waals surface area (Å²) < 4.78 is 0. The molecule has 0 aromatic heterocycles. The van der Waals surface area contributed by atoms with Gasteiger partial charge in [0.15, 0.2) is 0 Å². The number of carboxylic acids is 1. The summed E-state index contributed by atoms with van der Waals surface area (Å²) in [7, 11) is 3.64. The summed E-state index contributed by atoms with van der Waals surface area (Å²) in [6.07, 6.45) is 3.89. The van der Waals surface area contributed by atoms with Gasteiger partial charge in [0.05, 0.1) is 6.42 Å². The topological polar surface area (TPSA) is 81.7 Å². The monoisotopic (exact) mass is 271 g/mol. The first-order valence-corrected chi connectivity index (χ1v) is 6.84. The number of carboxylic acid groups (broad SMARTS) is 1. The number of hydrogen-bond acceptors (Lipinski definition) is 3. The van der Waals surface area contributed by atoms with Crippen LogP contribution in [0.1, 0.15) is 32.1 Å². The van der Waals surface area contributed by atoms with Crippen molar-refractivity contribution >= 4 is 12.0 Å². The van der Waals surface area contributed by atoms with Gasteiger partial charge in [-0.1, -0.05) is 6.42 Å². The fourth-order valence-corrected chi connectivity index (χ4v) is 2.41. The Morgan fingerprint density at radius 1 is 1.37 bits per heavy atom. The van der Waals surface area contributed by atoms with Gasteiger partial charge in [0, 0.05) is 20.1 Å². The maximum atomic E-state index is 11.9. The summed E-state index contributed by atoms with van der Waals surface area (Å²) in [4.78, 5) is 24.3. The Morgan fingerprint density at radius 2 is 2.05 bits per heavy atom. The molecule has 6 heteroatoms. The molecule has 0 unspecified atom stereocenters. The third-order valence-corrected chi connectivity index (χ3v) is 3.82. The summed E-state index contributed by atoms with van der Waals surface area (Å²) in [5, 5.41) is 14.8. The van der Waals surface area contributed by atoms with Crippen LogP contribution >= 0.6 is 0 Å². The summed E-state index contributed by atoms with van der Waals surface area (Å²) >= 11 is 0. The number of carbonyl (C=O) groups is 2. The molecule has 19 heavy (non-hydrogen) atoms. The molecule has 6 nitrogen and oxygen atoms in total. The highest BCUT2D eigenvalue weighted by Crippen LogP contribution is 2.43. The highest BCUT2D eigenvalue weighted by atomic mass is 16.4. The van der Waals surface area contributed by atoms with Crippen LogP contribution in [0.25, 0.3) is 0 Å². The van der Waals surface area contributed by atoms with Crippen molar-refractivity contribution in [2.24, 2.45) is 5.41 Å². The molecule has 3 N–H and O–H groups in total. The normalized spacial score (nSPS) is 16.5. The maximum Gasteiger partial charge on any atom is 0.317 e. The predicted octanol–water partition coefficient (Wildman–Crippen LogP) is 0.882. The number of rotatable bonds is 8. The second kappa shape index (κ2) is 7.33. The van der Waals surface area contributed by atoms with Crippen molar-refractivity contribution in [2.45, 2.75) is 32.1 Å². The van der Waals surface area contributed by atoms with Crippen molar-refractivity contribution in [1.82, 2.24) is 15.5 Å². The third-order valence-electron chi connectivity index (χ3n) is 3.82. The molecule has 0 radical (unpaired) electrons. The van der Waals surface area contributed by atoms with Gasteiger partial charge in [-0.15, -0.1) is 0 Å². The zero-order valence-corrected chi connectivity index (χ0v) is 11.9. The van der Waals surface area contributed by atoms with Gasteiger partial charge in [0.1, 0.15) is 0 Å². The van der Waals surface area contributed by atoms with Gasteiger partial charge < -0.3 is 20.6 Å². The summed E-state index contributed by atoms with van der Waals surface area (Å²) in [5.41, 5.74) is -0.215. The summed E-state index contributed by atoms with van der Waals surface area (Å²) in [5.74, 6) is -0.781. The summed E-state index contributed by atoms with van der Waals surface area (Å²) in [6.45, 7) is 2.04. The molecule has 0 aromatic rings. The standard InChI is InChI=1S/C13H25N3O3/c1-14-7-4-8-16(2)12(19)15-10-13(5-3-6-13)9-11(17)18/h14H,3-10H2,1-2H3,(H,15,19)(H,17,18). The van der Waals surface area contributed by atoms with E-state index in [9.17, 15) is 9.59 Å². The van der Waals surface area contributed by atoms with Gasteiger partial charge in [0.2, 0.25) is 0 Å². The van der Waals surface area contributed by atoms with Crippen LogP contribution in [0.4, 0.5) is 4.79 Å². The fraction of sp³-hybridized carbons (Fsp3) is 0.846. The van der Waals surface area contributed by atoms with E-state index >= 15 is 0 Å². The van der Waals surface area contributed by atoms with Crippen LogP contribution in [0.3, 0.4) is 0 Å². The average molecular weight is 271 g/mol. The number of hydrogen-bond donors (Lipinski definition) is 3. The molecule has 1 aliphatic carbocycles. The Hall–Kier alpha value is -1.30. The minimum Gasteiger partial charge on any atom is -0.481 e. The van der Waals surface area contributed by atoms with Crippen molar-refractivity contribution < 1.29 is 14.7 Å². The second-order valence-corrected chi connectivity index (χ2v) is 5.46. The molecule has 0 aromatic carbocycles. The molecule has 0 saturated heterocycles. The van der Waals surface area contributed by atoms with E-state index in [-0.39, 0.29) is 17.9 Å². The Kier molecular flexibility index (Phi) is 6.08. The molecule has 1 fully saturated rings. The lowest BCUT2D eigenvalue weighted by atomic mass is 9.66. The van der Waals surface area contributed by atoms with Crippen molar-refractivity contribution in [3.8, 4) is 0 Å². The predicted molar refractivity (Wildman–Crippen MR) is 73.1 cm³/mol. The Morgan fingerprint density at radius 3 is 2.53 bits per heavy atom. The molecule has 0 heterocycles. The zero-order chi connectivity index (χ0) is 14.3. The molecular formula is C13H25N3O3. The SMILES string of the molecule is CNCCCN(C)C(=O)NCC1(CC(=O)O)CCC1. The van der Waals surface area contributed by atoms with E-state index in [0.717, 1.165) is 32.2 Å². The minimum atomic E-state index is -0.781. The zero-order valence-electron chi connectivity index (χ0n) is 11.9. The van der Waals surface area contributed by atoms with Gasteiger partial charge in [0.25, 0.3) is 0 Å². The Balaban J connectivity index is 2.30. The first kappa shape index (κ1) is 15.8. The minimum absolute atomic E-state index is 0.118. The van der Waals surface area contributed by atoms with E-state index in [2.05, 4.69) is 10.6 Å². The number of nitrogens with one attached hydrogen (secondary N) is 2. The van der Waals surface area contributed by atoms with E-state index in [4.69, 9.17) is 5.11 Å². The lowest BCUT2D eigenvalue weighted by Gasteiger charge is -2.41. The molecule has 0 bridgehead atoms. The molecule has 0 spiro atoms. The quantitative estimate of drug-likeness (QED) is 0.572. The molecule has 0 atom stereocenters. The molecule has 110 valence electrons. The Bertz CT molecular complexity index is 316. The number of urea groups is 1. The van der Waals surface area contributed by atoms with Gasteiger partial charge in [-0.3, -0.25) is 4.79 Å². The summed E-state index contributed by atoms with van der Waals surface area (Å²) in [6, 6.07) is -0.118. The van der Waals surface area contributed by atoms with Crippen LogP contribution in [0.5, 0.6) is 0 Å². The van der Waals surface area contributed by atoms with E-state index in [1.54, 1.807) is 11.9 Å². The van der Waals surface area contributed by atoms with E-state index in [0.29, 0.717) is 13.1 Å². The number of carbonyl (C=O) groups excluding carboxylic acids is 1. The van der Waals surface area contributed by atoms with Crippen molar-refractivity contribution in [3.63, 3.8) is 0 Å². The fourth-order valence-electron chi connectivity index (χ4n) is 2.41. The molecule has 1 saturated carbocycles. The van der Waals surface area contributed by atoms with Crippen LogP contribution in [-0.2, 0) is 4.79 Å². The van der Waals surface area contributed by atoms with Crippen molar-refractivity contribution in [3.05, 3.63) is 0 Å². The number of nitrogens with zero attached hydrogens (tertiary/aromatic N) is 1. The van der Waals surface area contributed by atoms with Crippen molar-refractivity contribution in [1.29, 1.82) is 0 Å². The second-order valence-electron chi connectivity index (χ2n) is 5.46. The lowest BCUT2D eigenvalue weighted by molar-refractivity contribution is -0.141. The van der Waals surface area contributed by atoms with Crippen LogP contribution in [0.2, 0.25) is 0 Å². The van der Waals surface area contributed by atoms with Gasteiger partial charge >= 0.3 is 12.0 Å². The molecule has 2 amide bonds. The van der Waals surface area contributed by atoms with Crippen LogP contribution in [0.15, 0.2) is 0 Å². The molecule has 0 aliphatic heterocycles. The first-order chi connectivity index (χ1) is 8.99. The smallest absolute Gasteiger partial charge is 0.317 e. The van der Waals surface area contributed by atoms with Gasteiger partial charge in [-0.25, -0.2) is 4.79 Å².